The van der Waals surface area contributed by atoms with Gasteiger partial charge in [-0.25, -0.2) is 0 Å². The first-order chi connectivity index (χ1) is 9.08. The van der Waals surface area contributed by atoms with Crippen LogP contribution in [-0.2, 0) is 4.79 Å². The number of anilines is 1. The lowest BCUT2D eigenvalue weighted by Gasteiger charge is -2.11. The predicted molar refractivity (Wildman–Crippen MR) is 73.2 cm³/mol. The van der Waals surface area contributed by atoms with E-state index in [0.717, 1.165) is 0 Å². The molecule has 0 fully saturated rings. The summed E-state index contributed by atoms with van der Waals surface area (Å²) in [4.78, 5) is 22.8. The Bertz CT molecular complexity index is 486. The van der Waals surface area contributed by atoms with Crippen LogP contribution in [0.4, 0.5) is 5.69 Å². The van der Waals surface area contributed by atoms with Crippen molar-refractivity contribution in [2.45, 2.75) is 0 Å². The van der Waals surface area contributed by atoms with E-state index < -0.39 is 5.91 Å². The highest BCUT2D eigenvalue weighted by molar-refractivity contribution is 5.98. The van der Waals surface area contributed by atoms with E-state index in [1.54, 1.807) is 12.1 Å². The highest BCUT2D eigenvalue weighted by Crippen LogP contribution is 2.25. The first-order valence-corrected chi connectivity index (χ1v) is 5.67. The second-order valence-corrected chi connectivity index (χ2v) is 3.75. The Labute approximate surface area is 111 Å². The van der Waals surface area contributed by atoms with Crippen molar-refractivity contribution in [1.29, 1.82) is 0 Å². The van der Waals surface area contributed by atoms with Crippen LogP contribution in [0.15, 0.2) is 30.9 Å². The number of rotatable bonds is 7. The average molecular weight is 263 g/mol. The third kappa shape index (κ3) is 4.44. The van der Waals surface area contributed by atoms with Gasteiger partial charge in [0, 0.05) is 12.1 Å². The van der Waals surface area contributed by atoms with Crippen LogP contribution in [-0.4, -0.2) is 32.0 Å². The minimum absolute atomic E-state index is 0.135. The van der Waals surface area contributed by atoms with Gasteiger partial charge in [0.05, 0.1) is 19.3 Å². The van der Waals surface area contributed by atoms with Crippen LogP contribution >= 0.6 is 0 Å². The fourth-order valence-electron chi connectivity index (χ4n) is 1.44. The second kappa shape index (κ2) is 7.17. The van der Waals surface area contributed by atoms with Gasteiger partial charge < -0.3 is 21.1 Å². The molecule has 4 N–H and O–H groups in total. The van der Waals surface area contributed by atoms with Gasteiger partial charge in [0.2, 0.25) is 11.8 Å². The quantitative estimate of drug-likeness (QED) is 0.493. The Kier molecular flexibility index (Phi) is 5.56. The standard InChI is InChI=1S/C13H17N3O3/c1-3-6-15-8-12(17)16-10-7-9(13(14)18)4-5-11(10)19-2/h3-5,7,15H,1,6,8H2,2H3,(H2,14,18)(H,16,17). The van der Waals surface area contributed by atoms with Crippen molar-refractivity contribution in [3.05, 3.63) is 36.4 Å². The summed E-state index contributed by atoms with van der Waals surface area (Å²) in [5.41, 5.74) is 5.90. The Hall–Kier alpha value is -2.34. The van der Waals surface area contributed by atoms with Gasteiger partial charge >= 0.3 is 0 Å². The average Bonchev–Trinajstić information content (AvgIpc) is 2.38. The molecule has 0 unspecified atom stereocenters. The van der Waals surface area contributed by atoms with Crippen molar-refractivity contribution in [3.63, 3.8) is 0 Å². The first-order valence-electron chi connectivity index (χ1n) is 5.67. The fraction of sp³-hybridized carbons (Fsp3) is 0.231. The summed E-state index contributed by atoms with van der Waals surface area (Å²) >= 11 is 0. The van der Waals surface area contributed by atoms with Gasteiger partial charge in [-0.05, 0) is 18.2 Å². The highest BCUT2D eigenvalue weighted by Gasteiger charge is 2.10. The number of primary amides is 1. The van der Waals surface area contributed by atoms with Crippen LogP contribution in [0, 0.1) is 0 Å². The summed E-state index contributed by atoms with van der Waals surface area (Å²) in [5.74, 6) is -0.355. The van der Waals surface area contributed by atoms with Crippen LogP contribution in [0.25, 0.3) is 0 Å². The van der Waals surface area contributed by atoms with Gasteiger partial charge in [-0.15, -0.1) is 6.58 Å². The Morgan fingerprint density at radius 3 is 2.79 bits per heavy atom. The smallest absolute Gasteiger partial charge is 0.248 e. The summed E-state index contributed by atoms with van der Waals surface area (Å²) < 4.78 is 5.10. The molecule has 19 heavy (non-hydrogen) atoms. The van der Waals surface area contributed by atoms with E-state index in [1.807, 2.05) is 0 Å². The van der Waals surface area contributed by atoms with E-state index in [9.17, 15) is 9.59 Å². The predicted octanol–water partition coefficient (Wildman–Crippen LogP) is 0.508. The van der Waals surface area contributed by atoms with Crippen LogP contribution in [0.2, 0.25) is 0 Å². The number of hydrogen-bond acceptors (Lipinski definition) is 4. The van der Waals surface area contributed by atoms with Crippen molar-refractivity contribution >= 4 is 17.5 Å². The van der Waals surface area contributed by atoms with Gasteiger partial charge in [-0.1, -0.05) is 6.08 Å². The van der Waals surface area contributed by atoms with Crippen molar-refractivity contribution in [2.24, 2.45) is 5.73 Å². The number of ether oxygens (including phenoxy) is 1. The number of methoxy groups -OCH3 is 1. The molecule has 2 amide bonds. The molecule has 0 aliphatic rings. The highest BCUT2D eigenvalue weighted by atomic mass is 16.5. The van der Waals surface area contributed by atoms with Crippen molar-refractivity contribution in [1.82, 2.24) is 5.32 Å². The Morgan fingerprint density at radius 1 is 1.47 bits per heavy atom. The number of carbonyl (C=O) groups excluding carboxylic acids is 2. The zero-order valence-electron chi connectivity index (χ0n) is 10.7. The maximum atomic E-state index is 11.7. The molecule has 0 spiro atoms. The molecule has 6 heteroatoms. The van der Waals surface area contributed by atoms with E-state index in [2.05, 4.69) is 17.2 Å². The van der Waals surface area contributed by atoms with E-state index >= 15 is 0 Å². The molecule has 0 radical (unpaired) electrons. The number of carbonyl (C=O) groups is 2. The Morgan fingerprint density at radius 2 is 2.21 bits per heavy atom. The normalized spacial score (nSPS) is 9.74. The summed E-state index contributed by atoms with van der Waals surface area (Å²) in [6.45, 7) is 4.20. The molecule has 0 heterocycles. The van der Waals surface area contributed by atoms with Crippen LogP contribution < -0.4 is 21.1 Å². The molecule has 0 bridgehead atoms. The summed E-state index contributed by atoms with van der Waals surface area (Å²) in [6.07, 6.45) is 1.65. The maximum Gasteiger partial charge on any atom is 0.248 e. The molecule has 0 atom stereocenters. The topological polar surface area (TPSA) is 93.5 Å². The molecule has 0 aliphatic carbocycles. The summed E-state index contributed by atoms with van der Waals surface area (Å²) in [5, 5.41) is 5.51. The maximum absolute atomic E-state index is 11.7. The lowest BCUT2D eigenvalue weighted by atomic mass is 10.1. The second-order valence-electron chi connectivity index (χ2n) is 3.75. The van der Waals surface area contributed by atoms with Crippen LogP contribution in [0.5, 0.6) is 5.75 Å². The zero-order valence-corrected chi connectivity index (χ0v) is 10.7. The molecule has 102 valence electrons. The molecule has 1 aromatic carbocycles. The van der Waals surface area contributed by atoms with Crippen LogP contribution in [0.1, 0.15) is 10.4 Å². The largest absolute Gasteiger partial charge is 0.495 e. The summed E-state index contributed by atoms with van der Waals surface area (Å²) in [7, 11) is 1.48. The van der Waals surface area contributed by atoms with Crippen molar-refractivity contribution in [2.75, 3.05) is 25.5 Å². The fourth-order valence-corrected chi connectivity index (χ4v) is 1.44. The number of amides is 2. The molecule has 1 rings (SSSR count). The first kappa shape index (κ1) is 14.7. The summed E-state index contributed by atoms with van der Waals surface area (Å²) in [6, 6.07) is 4.59. The molecule has 0 aliphatic heterocycles. The van der Waals surface area contributed by atoms with E-state index in [1.165, 1.54) is 19.2 Å². The monoisotopic (exact) mass is 263 g/mol. The molecule has 1 aromatic rings. The number of nitrogens with two attached hydrogens (primary N) is 1. The van der Waals surface area contributed by atoms with Gasteiger partial charge in [0.1, 0.15) is 5.75 Å². The van der Waals surface area contributed by atoms with Gasteiger partial charge in [0.15, 0.2) is 0 Å². The molecular weight excluding hydrogens is 246 g/mol. The number of hydrogen-bond donors (Lipinski definition) is 3. The minimum atomic E-state index is -0.567. The van der Waals surface area contributed by atoms with Crippen molar-refractivity contribution in [3.8, 4) is 5.75 Å². The minimum Gasteiger partial charge on any atom is -0.495 e. The van der Waals surface area contributed by atoms with Gasteiger partial charge in [0.25, 0.3) is 0 Å². The van der Waals surface area contributed by atoms with E-state index in [0.29, 0.717) is 23.5 Å². The zero-order chi connectivity index (χ0) is 14.3. The Balaban J connectivity index is 2.79. The van der Waals surface area contributed by atoms with Gasteiger partial charge in [-0.2, -0.15) is 0 Å². The lowest BCUT2D eigenvalue weighted by Crippen LogP contribution is -2.28. The number of benzene rings is 1. The third-order valence-corrected chi connectivity index (χ3v) is 2.33. The lowest BCUT2D eigenvalue weighted by molar-refractivity contribution is -0.115. The third-order valence-electron chi connectivity index (χ3n) is 2.33. The molecule has 0 aromatic heterocycles. The van der Waals surface area contributed by atoms with Crippen molar-refractivity contribution < 1.29 is 14.3 Å². The van der Waals surface area contributed by atoms with Gasteiger partial charge in [-0.3, -0.25) is 9.59 Å². The SMILES string of the molecule is C=CCNCC(=O)Nc1cc(C(N)=O)ccc1OC. The molecule has 0 saturated carbocycles. The molecular formula is C13H17N3O3. The number of nitrogens with one attached hydrogen (secondary N) is 2. The van der Waals surface area contributed by atoms with E-state index in [-0.39, 0.29) is 12.5 Å². The van der Waals surface area contributed by atoms with E-state index in [4.69, 9.17) is 10.5 Å². The van der Waals surface area contributed by atoms with Crippen LogP contribution in [0.3, 0.4) is 0 Å². The molecule has 0 saturated heterocycles. The molecule has 6 nitrogen and oxygen atoms in total.